The summed E-state index contributed by atoms with van der Waals surface area (Å²) in [6.45, 7) is 7.72. The van der Waals surface area contributed by atoms with Crippen molar-refractivity contribution in [2.45, 2.75) is 34.1 Å². The summed E-state index contributed by atoms with van der Waals surface area (Å²) in [4.78, 5) is 24.1. The van der Waals surface area contributed by atoms with Crippen molar-refractivity contribution >= 4 is 28.2 Å². The zero-order chi connectivity index (χ0) is 13.7. The van der Waals surface area contributed by atoms with Crippen LogP contribution in [0.5, 0.6) is 0 Å². The number of carbonyl (C=O) groups is 2. The van der Waals surface area contributed by atoms with Crippen LogP contribution in [0.2, 0.25) is 0 Å². The maximum atomic E-state index is 12.0. The molecule has 1 unspecified atom stereocenters. The second-order valence-electron chi connectivity index (χ2n) is 5.53. The number of anilines is 1. The molecule has 2 rings (SSSR count). The standard InChI is InChI=1S/C13H17NO3S/c1-6-7(2)18-11(9(6)12(16)17)14-10(15)8-5-13(8,3)4/h8H,5H2,1-4H3,(H,14,15)(H,16,17). The Bertz CT molecular complexity index is 531. The van der Waals surface area contributed by atoms with Gasteiger partial charge in [0.2, 0.25) is 5.91 Å². The molecular weight excluding hydrogens is 250 g/mol. The van der Waals surface area contributed by atoms with Crippen LogP contribution in [-0.4, -0.2) is 17.0 Å². The summed E-state index contributed by atoms with van der Waals surface area (Å²) in [7, 11) is 0. The second-order valence-corrected chi connectivity index (χ2v) is 6.75. The smallest absolute Gasteiger partial charge is 0.338 e. The number of carboxylic acids is 1. The van der Waals surface area contributed by atoms with E-state index in [9.17, 15) is 14.7 Å². The van der Waals surface area contributed by atoms with Gasteiger partial charge >= 0.3 is 5.97 Å². The quantitative estimate of drug-likeness (QED) is 0.884. The molecule has 1 fully saturated rings. The molecule has 1 aromatic heterocycles. The van der Waals surface area contributed by atoms with Crippen LogP contribution in [0, 0.1) is 25.2 Å². The Morgan fingerprint density at radius 2 is 1.94 bits per heavy atom. The zero-order valence-corrected chi connectivity index (χ0v) is 11.8. The SMILES string of the molecule is Cc1sc(NC(=O)C2CC2(C)C)c(C(=O)O)c1C. The highest BCUT2D eigenvalue weighted by atomic mass is 32.1. The highest BCUT2D eigenvalue weighted by molar-refractivity contribution is 7.16. The summed E-state index contributed by atoms with van der Waals surface area (Å²) >= 11 is 1.33. The van der Waals surface area contributed by atoms with Crippen molar-refractivity contribution in [3.63, 3.8) is 0 Å². The normalized spacial score (nSPS) is 20.6. The molecule has 1 atom stereocenters. The third-order valence-electron chi connectivity index (χ3n) is 3.67. The van der Waals surface area contributed by atoms with Gasteiger partial charge < -0.3 is 10.4 Å². The van der Waals surface area contributed by atoms with Crippen LogP contribution in [0.15, 0.2) is 0 Å². The minimum Gasteiger partial charge on any atom is -0.478 e. The summed E-state index contributed by atoms with van der Waals surface area (Å²) < 4.78 is 0. The van der Waals surface area contributed by atoms with E-state index < -0.39 is 5.97 Å². The van der Waals surface area contributed by atoms with Gasteiger partial charge in [-0.2, -0.15) is 0 Å². The molecule has 0 radical (unpaired) electrons. The molecule has 1 aliphatic carbocycles. The lowest BCUT2D eigenvalue weighted by molar-refractivity contribution is -0.117. The van der Waals surface area contributed by atoms with Gasteiger partial charge in [-0.25, -0.2) is 4.79 Å². The monoisotopic (exact) mass is 267 g/mol. The fraction of sp³-hybridized carbons (Fsp3) is 0.538. The van der Waals surface area contributed by atoms with Gasteiger partial charge in [-0.1, -0.05) is 13.8 Å². The maximum absolute atomic E-state index is 12.0. The summed E-state index contributed by atoms with van der Waals surface area (Å²) in [6.07, 6.45) is 0.866. The summed E-state index contributed by atoms with van der Waals surface area (Å²) in [5.41, 5.74) is 1.01. The number of hydrogen-bond acceptors (Lipinski definition) is 3. The van der Waals surface area contributed by atoms with E-state index in [1.165, 1.54) is 11.3 Å². The lowest BCUT2D eigenvalue weighted by Gasteiger charge is -2.05. The Hall–Kier alpha value is -1.36. The number of carbonyl (C=O) groups excluding carboxylic acids is 1. The first-order valence-electron chi connectivity index (χ1n) is 5.88. The molecule has 18 heavy (non-hydrogen) atoms. The van der Waals surface area contributed by atoms with E-state index in [-0.39, 0.29) is 22.8 Å². The Kier molecular flexibility index (Phi) is 2.97. The lowest BCUT2D eigenvalue weighted by atomic mass is 10.1. The van der Waals surface area contributed by atoms with E-state index in [4.69, 9.17) is 0 Å². The highest BCUT2D eigenvalue weighted by Gasteiger charge is 2.50. The van der Waals surface area contributed by atoms with Gasteiger partial charge in [0.1, 0.15) is 5.00 Å². The van der Waals surface area contributed by atoms with Crippen molar-refractivity contribution in [2.24, 2.45) is 11.3 Å². The summed E-state index contributed by atoms with van der Waals surface area (Å²) in [6, 6.07) is 0. The van der Waals surface area contributed by atoms with Gasteiger partial charge in [-0.3, -0.25) is 4.79 Å². The van der Waals surface area contributed by atoms with Crippen molar-refractivity contribution in [1.29, 1.82) is 0 Å². The van der Waals surface area contributed by atoms with Gasteiger partial charge in [0.05, 0.1) is 5.56 Å². The predicted octanol–water partition coefficient (Wildman–Crippen LogP) is 3.05. The van der Waals surface area contributed by atoms with Crippen LogP contribution >= 0.6 is 11.3 Å². The summed E-state index contributed by atoms with van der Waals surface area (Å²) in [5.74, 6) is -1.05. The molecule has 0 aliphatic heterocycles. The van der Waals surface area contributed by atoms with E-state index in [0.29, 0.717) is 5.00 Å². The molecule has 0 saturated heterocycles. The third kappa shape index (κ3) is 2.14. The number of thiophene rings is 1. The minimum absolute atomic E-state index is 0.00172. The van der Waals surface area contributed by atoms with Crippen molar-refractivity contribution in [2.75, 3.05) is 5.32 Å². The number of nitrogens with one attached hydrogen (secondary N) is 1. The van der Waals surface area contributed by atoms with Crippen molar-refractivity contribution in [3.05, 3.63) is 16.0 Å². The van der Waals surface area contributed by atoms with Gasteiger partial charge in [0, 0.05) is 10.8 Å². The van der Waals surface area contributed by atoms with Gasteiger partial charge in [0.25, 0.3) is 0 Å². The average Bonchev–Trinajstić information content (AvgIpc) is 2.77. The molecular formula is C13H17NO3S. The first kappa shape index (κ1) is 13.1. The second kappa shape index (κ2) is 4.09. The number of amides is 1. The molecule has 98 valence electrons. The lowest BCUT2D eigenvalue weighted by Crippen LogP contribution is -2.17. The average molecular weight is 267 g/mol. The molecule has 1 amide bonds. The van der Waals surface area contributed by atoms with E-state index in [1.54, 1.807) is 6.92 Å². The Morgan fingerprint density at radius 1 is 1.39 bits per heavy atom. The molecule has 1 aromatic rings. The summed E-state index contributed by atoms with van der Waals surface area (Å²) in [5, 5.41) is 12.4. The zero-order valence-electron chi connectivity index (χ0n) is 11.0. The number of aromatic carboxylic acids is 1. The van der Waals surface area contributed by atoms with E-state index in [2.05, 4.69) is 5.32 Å². The topological polar surface area (TPSA) is 66.4 Å². The molecule has 1 saturated carbocycles. The van der Waals surface area contributed by atoms with Crippen molar-refractivity contribution < 1.29 is 14.7 Å². The molecule has 2 N–H and O–H groups in total. The number of carboxylic acid groups (broad SMARTS) is 1. The Labute approximate surface area is 110 Å². The highest BCUT2D eigenvalue weighted by Crippen LogP contribution is 2.52. The predicted molar refractivity (Wildman–Crippen MR) is 71.3 cm³/mol. The van der Waals surface area contributed by atoms with Crippen LogP contribution in [0.3, 0.4) is 0 Å². The number of aryl methyl sites for hydroxylation is 1. The first-order valence-corrected chi connectivity index (χ1v) is 6.70. The maximum Gasteiger partial charge on any atom is 0.338 e. The molecule has 5 heteroatoms. The molecule has 4 nitrogen and oxygen atoms in total. The van der Waals surface area contributed by atoms with Crippen LogP contribution in [0.1, 0.15) is 41.1 Å². The van der Waals surface area contributed by atoms with Gasteiger partial charge in [0.15, 0.2) is 0 Å². The van der Waals surface area contributed by atoms with Crippen LogP contribution in [0.4, 0.5) is 5.00 Å². The van der Waals surface area contributed by atoms with E-state index >= 15 is 0 Å². The van der Waals surface area contributed by atoms with Crippen LogP contribution in [0.25, 0.3) is 0 Å². The van der Waals surface area contributed by atoms with Crippen LogP contribution < -0.4 is 5.32 Å². The van der Waals surface area contributed by atoms with E-state index in [1.807, 2.05) is 20.8 Å². The van der Waals surface area contributed by atoms with Gasteiger partial charge in [-0.05, 0) is 31.2 Å². The fourth-order valence-electron chi connectivity index (χ4n) is 2.09. The number of hydrogen-bond donors (Lipinski definition) is 2. The first-order chi connectivity index (χ1) is 8.24. The number of rotatable bonds is 3. The van der Waals surface area contributed by atoms with Crippen molar-refractivity contribution in [3.8, 4) is 0 Å². The molecule has 1 heterocycles. The van der Waals surface area contributed by atoms with Crippen molar-refractivity contribution in [1.82, 2.24) is 0 Å². The molecule has 0 aromatic carbocycles. The molecule has 1 aliphatic rings. The molecule has 0 bridgehead atoms. The Morgan fingerprint density at radius 3 is 2.39 bits per heavy atom. The largest absolute Gasteiger partial charge is 0.478 e. The van der Waals surface area contributed by atoms with Gasteiger partial charge in [-0.15, -0.1) is 11.3 Å². The fourth-order valence-corrected chi connectivity index (χ4v) is 3.14. The van der Waals surface area contributed by atoms with Crippen LogP contribution in [-0.2, 0) is 4.79 Å². The Balaban J connectivity index is 2.22. The third-order valence-corrected chi connectivity index (χ3v) is 4.79. The van der Waals surface area contributed by atoms with E-state index in [0.717, 1.165) is 16.9 Å². The minimum atomic E-state index is -0.984. The molecule has 0 spiro atoms.